The lowest BCUT2D eigenvalue weighted by atomic mass is 10.1. The van der Waals surface area contributed by atoms with Gasteiger partial charge in [0.15, 0.2) is 0 Å². The highest BCUT2D eigenvalue weighted by atomic mass is 79.9. The van der Waals surface area contributed by atoms with Crippen LogP contribution in [0.1, 0.15) is 5.56 Å². The van der Waals surface area contributed by atoms with Gasteiger partial charge in [-0.05, 0) is 72.4 Å². The van der Waals surface area contributed by atoms with Crippen LogP contribution in [0.3, 0.4) is 0 Å². The molecule has 34 heavy (non-hydrogen) atoms. The summed E-state index contributed by atoms with van der Waals surface area (Å²) in [6.07, 6.45) is 3.99. The van der Waals surface area contributed by atoms with E-state index in [1.807, 2.05) is 101 Å². The molecule has 170 valence electrons. The molecule has 0 saturated heterocycles. The topological polar surface area (TPSA) is 57.5 Å². The van der Waals surface area contributed by atoms with Crippen LogP contribution in [0, 0.1) is 0 Å². The zero-order chi connectivity index (χ0) is 23.7. The first-order chi connectivity index (χ1) is 16.5. The Bertz CT molecular complexity index is 1310. The molecule has 2 aliphatic heterocycles. The quantitative estimate of drug-likeness (QED) is 0.326. The number of carbonyl (C=O) groups excluding carboxylic acids is 1. The number of methoxy groups -OCH3 is 1. The van der Waals surface area contributed by atoms with Crippen molar-refractivity contribution in [3.05, 3.63) is 106 Å². The number of rotatable bonds is 4. The normalized spacial score (nSPS) is 19.3. The third-order valence-corrected chi connectivity index (χ3v) is 7.56. The lowest BCUT2D eigenvalue weighted by molar-refractivity contribution is -0.132. The highest BCUT2D eigenvalue weighted by Crippen LogP contribution is 2.48. The molecular formula is C25H18Br2N4O2S. The van der Waals surface area contributed by atoms with Gasteiger partial charge in [-0.15, -0.1) is 0 Å². The largest absolute Gasteiger partial charge is 0.464 e. The van der Waals surface area contributed by atoms with Gasteiger partial charge in [-0.25, -0.2) is 14.8 Å². The summed E-state index contributed by atoms with van der Waals surface area (Å²) < 4.78 is 6.95. The predicted molar refractivity (Wildman–Crippen MR) is 145 cm³/mol. The Morgan fingerprint density at radius 3 is 2.09 bits per heavy atom. The summed E-state index contributed by atoms with van der Waals surface area (Å²) in [5.41, 5.74) is 3.44. The lowest BCUT2D eigenvalue weighted by Crippen LogP contribution is -2.53. The second-order valence-corrected chi connectivity index (χ2v) is 10.4. The average molecular weight is 598 g/mol. The molecule has 0 radical (unpaired) electrons. The third kappa shape index (κ3) is 4.19. The highest BCUT2D eigenvalue weighted by molar-refractivity contribution is 9.10. The second kappa shape index (κ2) is 9.40. The van der Waals surface area contributed by atoms with E-state index in [0.29, 0.717) is 0 Å². The van der Waals surface area contributed by atoms with Crippen molar-refractivity contribution >= 4 is 71.7 Å². The molecule has 5 rings (SSSR count). The molecule has 2 heterocycles. The summed E-state index contributed by atoms with van der Waals surface area (Å²) in [7, 11) is 1.36. The smallest absolute Gasteiger partial charge is 0.365 e. The van der Waals surface area contributed by atoms with E-state index >= 15 is 0 Å². The number of benzene rings is 3. The van der Waals surface area contributed by atoms with Gasteiger partial charge in [-0.2, -0.15) is 10.2 Å². The molecule has 0 aliphatic carbocycles. The number of hydrazone groups is 2. The van der Waals surface area contributed by atoms with Gasteiger partial charge in [0.2, 0.25) is 10.0 Å². The zero-order valence-electron chi connectivity index (χ0n) is 17.9. The van der Waals surface area contributed by atoms with Crippen LogP contribution < -0.4 is 10.0 Å². The van der Waals surface area contributed by atoms with Crippen LogP contribution in [0.25, 0.3) is 0 Å². The minimum absolute atomic E-state index is 0.248. The van der Waals surface area contributed by atoms with Crippen molar-refractivity contribution in [1.82, 2.24) is 0 Å². The maximum absolute atomic E-state index is 12.5. The number of thioether (sulfide) groups is 1. The van der Waals surface area contributed by atoms with Crippen molar-refractivity contribution in [2.45, 2.75) is 4.99 Å². The molecule has 1 atom stereocenters. The predicted octanol–water partition coefficient (Wildman–Crippen LogP) is 6.39. The molecule has 0 amide bonds. The standard InChI is InChI=1S/C25H18Br2N4O2S/c1-33-24(32)23-29-31(21-13-11-19(27)12-14-21)25(34-23)16-15-22(17-7-9-18(26)10-8-17)28-30(25)20-5-3-2-4-6-20/h2-16H,1H3/t25-/m0/s1. The van der Waals surface area contributed by atoms with Crippen LogP contribution in [-0.4, -0.2) is 28.8 Å². The molecule has 3 aromatic carbocycles. The fourth-order valence-corrected chi connectivity index (χ4v) is 5.36. The maximum Gasteiger partial charge on any atom is 0.365 e. The molecule has 0 N–H and O–H groups in total. The fraction of sp³-hybridized carbons (Fsp3) is 0.0800. The molecule has 3 aromatic rings. The van der Waals surface area contributed by atoms with Crippen molar-refractivity contribution in [3.8, 4) is 0 Å². The molecule has 0 fully saturated rings. The Hall–Kier alpha value is -2.88. The Morgan fingerprint density at radius 2 is 1.44 bits per heavy atom. The van der Waals surface area contributed by atoms with Crippen LogP contribution in [-0.2, 0) is 9.53 Å². The van der Waals surface area contributed by atoms with E-state index in [9.17, 15) is 4.79 Å². The van der Waals surface area contributed by atoms with Gasteiger partial charge >= 0.3 is 5.97 Å². The third-order valence-electron chi connectivity index (χ3n) is 5.28. The molecule has 0 saturated carbocycles. The van der Waals surface area contributed by atoms with Crippen molar-refractivity contribution < 1.29 is 9.53 Å². The van der Waals surface area contributed by atoms with Crippen LogP contribution >= 0.6 is 43.6 Å². The Kier molecular flexibility index (Phi) is 6.33. The van der Waals surface area contributed by atoms with E-state index < -0.39 is 11.0 Å². The number of para-hydroxylation sites is 1. The molecular weight excluding hydrogens is 580 g/mol. The average Bonchev–Trinajstić information content (AvgIpc) is 3.25. The first kappa shape index (κ1) is 22.9. The number of anilines is 2. The number of halogens is 2. The highest BCUT2D eigenvalue weighted by Gasteiger charge is 2.51. The summed E-state index contributed by atoms with van der Waals surface area (Å²) in [6.45, 7) is 0. The molecule has 1 spiro atoms. The summed E-state index contributed by atoms with van der Waals surface area (Å²) in [4.78, 5) is 11.6. The van der Waals surface area contributed by atoms with Crippen molar-refractivity contribution in [2.75, 3.05) is 17.1 Å². The van der Waals surface area contributed by atoms with Crippen molar-refractivity contribution in [3.63, 3.8) is 0 Å². The SMILES string of the molecule is COC(=O)C1=NN(c2ccc(Br)cc2)[C@@]2(C=CC(c3ccc(Br)cc3)=NN2c2ccccc2)S1. The van der Waals surface area contributed by atoms with Crippen molar-refractivity contribution in [1.29, 1.82) is 0 Å². The zero-order valence-corrected chi connectivity index (χ0v) is 21.9. The summed E-state index contributed by atoms with van der Waals surface area (Å²) in [5.74, 6) is -0.493. The van der Waals surface area contributed by atoms with Gasteiger partial charge in [0.1, 0.15) is 0 Å². The Morgan fingerprint density at radius 1 is 0.853 bits per heavy atom. The minimum atomic E-state index is -0.947. The number of allylic oxidation sites excluding steroid dienone is 1. The molecule has 0 unspecified atom stereocenters. The van der Waals surface area contributed by atoms with Crippen molar-refractivity contribution in [2.24, 2.45) is 10.2 Å². The molecule has 2 aliphatic rings. The van der Waals surface area contributed by atoms with Gasteiger partial charge in [0.05, 0.1) is 24.2 Å². The Labute approximate surface area is 218 Å². The van der Waals surface area contributed by atoms with Gasteiger partial charge in [0, 0.05) is 14.5 Å². The minimum Gasteiger partial charge on any atom is -0.464 e. The van der Waals surface area contributed by atoms with Gasteiger partial charge in [-0.3, -0.25) is 0 Å². The van der Waals surface area contributed by atoms with E-state index in [4.69, 9.17) is 9.84 Å². The maximum atomic E-state index is 12.5. The van der Waals surface area contributed by atoms with E-state index in [0.717, 1.165) is 31.6 Å². The Balaban J connectivity index is 1.66. The molecule has 0 aromatic heterocycles. The van der Waals surface area contributed by atoms with E-state index in [2.05, 4.69) is 37.0 Å². The molecule has 0 bridgehead atoms. The molecule has 6 nitrogen and oxygen atoms in total. The van der Waals surface area contributed by atoms with Crippen LogP contribution in [0.2, 0.25) is 0 Å². The summed E-state index contributed by atoms with van der Waals surface area (Å²) >= 11 is 8.27. The van der Waals surface area contributed by atoms with Gasteiger partial charge < -0.3 is 4.74 Å². The monoisotopic (exact) mass is 596 g/mol. The number of carbonyl (C=O) groups is 1. The number of hydrogen-bond acceptors (Lipinski definition) is 7. The van der Waals surface area contributed by atoms with Crippen LogP contribution in [0.4, 0.5) is 11.4 Å². The fourth-order valence-electron chi connectivity index (χ4n) is 3.66. The van der Waals surface area contributed by atoms with Gasteiger partial charge in [0.25, 0.3) is 0 Å². The van der Waals surface area contributed by atoms with E-state index in [-0.39, 0.29) is 5.04 Å². The first-order valence-corrected chi connectivity index (χ1v) is 12.7. The van der Waals surface area contributed by atoms with Crippen LogP contribution in [0.15, 0.2) is 110 Å². The first-order valence-electron chi connectivity index (χ1n) is 10.3. The number of nitrogens with zero attached hydrogens (tertiary/aromatic N) is 4. The van der Waals surface area contributed by atoms with E-state index in [1.54, 1.807) is 0 Å². The number of hydrogen-bond donors (Lipinski definition) is 0. The second-order valence-electron chi connectivity index (χ2n) is 7.42. The van der Waals surface area contributed by atoms with E-state index in [1.165, 1.54) is 18.9 Å². The number of esters is 1. The molecule has 9 heteroatoms. The number of ether oxygens (including phenoxy) is 1. The summed E-state index contributed by atoms with van der Waals surface area (Å²) in [5, 5.41) is 13.7. The van der Waals surface area contributed by atoms with Gasteiger partial charge in [-0.1, -0.05) is 62.2 Å². The summed E-state index contributed by atoms with van der Waals surface area (Å²) in [6, 6.07) is 25.6. The van der Waals surface area contributed by atoms with Crippen LogP contribution in [0.5, 0.6) is 0 Å². The lowest BCUT2D eigenvalue weighted by Gasteiger charge is -2.43.